The number of aromatic amines is 1. The summed E-state index contributed by atoms with van der Waals surface area (Å²) >= 11 is 0. The molecule has 1 N–H and O–H groups in total. The zero-order valence-corrected chi connectivity index (χ0v) is 15.4. The second kappa shape index (κ2) is 7.96. The van der Waals surface area contributed by atoms with Gasteiger partial charge in [0.25, 0.3) is 5.91 Å². The SMILES string of the molecule is CCC(=O)c1ccc(OCC(=O)N(C)C(C)c2c(C)n[nH]c2C)cc1. The number of ether oxygens (including phenoxy) is 1. The summed E-state index contributed by atoms with van der Waals surface area (Å²) < 4.78 is 5.56. The van der Waals surface area contributed by atoms with Gasteiger partial charge in [0.1, 0.15) is 5.75 Å². The summed E-state index contributed by atoms with van der Waals surface area (Å²) in [6.45, 7) is 7.60. The first-order valence-electron chi connectivity index (χ1n) is 8.38. The molecular weight excluding hydrogens is 318 g/mol. The number of nitrogens with one attached hydrogen (secondary N) is 1. The van der Waals surface area contributed by atoms with Gasteiger partial charge >= 0.3 is 0 Å². The number of carbonyl (C=O) groups is 2. The molecule has 1 aromatic carbocycles. The fourth-order valence-electron chi connectivity index (χ4n) is 2.77. The number of nitrogens with zero attached hydrogens (tertiary/aromatic N) is 2. The van der Waals surface area contributed by atoms with E-state index >= 15 is 0 Å². The van der Waals surface area contributed by atoms with E-state index in [0.717, 1.165) is 17.0 Å². The minimum Gasteiger partial charge on any atom is -0.484 e. The number of rotatable bonds is 7. The van der Waals surface area contributed by atoms with Gasteiger partial charge in [-0.15, -0.1) is 0 Å². The Hall–Kier alpha value is -2.63. The second-order valence-corrected chi connectivity index (χ2v) is 6.12. The summed E-state index contributed by atoms with van der Waals surface area (Å²) in [4.78, 5) is 25.7. The van der Waals surface area contributed by atoms with Crippen LogP contribution in [-0.4, -0.2) is 40.4 Å². The summed E-state index contributed by atoms with van der Waals surface area (Å²) in [6, 6.07) is 6.76. The average molecular weight is 343 g/mol. The average Bonchev–Trinajstić information content (AvgIpc) is 2.96. The summed E-state index contributed by atoms with van der Waals surface area (Å²) in [7, 11) is 1.76. The standard InChI is InChI=1S/C19H25N3O3/c1-6-17(23)15-7-9-16(10-8-15)25-11-18(24)22(5)14(4)19-12(2)20-21-13(19)3/h7-10,14H,6,11H2,1-5H3,(H,20,21). The van der Waals surface area contributed by atoms with Gasteiger partial charge < -0.3 is 9.64 Å². The van der Waals surface area contributed by atoms with Crippen molar-refractivity contribution >= 4 is 11.7 Å². The van der Waals surface area contributed by atoms with E-state index in [9.17, 15) is 9.59 Å². The summed E-state index contributed by atoms with van der Waals surface area (Å²) in [5.74, 6) is 0.529. The van der Waals surface area contributed by atoms with E-state index in [-0.39, 0.29) is 24.3 Å². The van der Waals surface area contributed by atoms with Crippen LogP contribution >= 0.6 is 0 Å². The molecule has 0 saturated heterocycles. The molecule has 0 spiro atoms. The largest absolute Gasteiger partial charge is 0.484 e. The van der Waals surface area contributed by atoms with Gasteiger partial charge in [-0.25, -0.2) is 0 Å². The van der Waals surface area contributed by atoms with E-state index in [0.29, 0.717) is 17.7 Å². The Morgan fingerprint density at radius 3 is 2.40 bits per heavy atom. The molecule has 2 rings (SSSR count). The minimum atomic E-state index is -0.124. The van der Waals surface area contributed by atoms with Crippen molar-refractivity contribution in [1.82, 2.24) is 15.1 Å². The lowest BCUT2D eigenvalue weighted by atomic mass is 10.1. The van der Waals surface area contributed by atoms with Crippen molar-refractivity contribution in [2.24, 2.45) is 0 Å². The van der Waals surface area contributed by atoms with E-state index in [1.165, 1.54) is 0 Å². The molecule has 0 aliphatic heterocycles. The molecule has 25 heavy (non-hydrogen) atoms. The first-order valence-corrected chi connectivity index (χ1v) is 8.38. The van der Waals surface area contributed by atoms with E-state index in [1.807, 2.05) is 27.7 Å². The summed E-state index contributed by atoms with van der Waals surface area (Å²) in [6.07, 6.45) is 0.466. The highest BCUT2D eigenvalue weighted by Gasteiger charge is 2.22. The molecule has 1 heterocycles. The van der Waals surface area contributed by atoms with Gasteiger partial charge in [-0.05, 0) is 45.0 Å². The Bertz CT molecular complexity index is 730. The minimum absolute atomic E-state index is 0.0577. The summed E-state index contributed by atoms with van der Waals surface area (Å²) in [5, 5.41) is 7.12. The van der Waals surface area contributed by atoms with Crippen LogP contribution in [0.1, 0.15) is 53.6 Å². The van der Waals surface area contributed by atoms with Crippen LogP contribution in [0.4, 0.5) is 0 Å². The van der Waals surface area contributed by atoms with Crippen LogP contribution in [-0.2, 0) is 4.79 Å². The van der Waals surface area contributed by atoms with Crippen LogP contribution in [0, 0.1) is 13.8 Å². The lowest BCUT2D eigenvalue weighted by Crippen LogP contribution is -2.34. The van der Waals surface area contributed by atoms with Crippen molar-refractivity contribution in [2.75, 3.05) is 13.7 Å². The molecule has 2 aromatic rings. The smallest absolute Gasteiger partial charge is 0.260 e. The maximum atomic E-state index is 12.4. The topological polar surface area (TPSA) is 75.3 Å². The maximum absolute atomic E-state index is 12.4. The molecule has 0 fully saturated rings. The third-order valence-corrected chi connectivity index (χ3v) is 4.44. The van der Waals surface area contributed by atoms with Gasteiger partial charge in [0.2, 0.25) is 0 Å². The molecule has 0 aliphatic carbocycles. The highest BCUT2D eigenvalue weighted by molar-refractivity contribution is 5.95. The number of hydrogen-bond donors (Lipinski definition) is 1. The first kappa shape index (κ1) is 18.7. The van der Waals surface area contributed by atoms with Gasteiger partial charge in [-0.3, -0.25) is 14.7 Å². The number of hydrogen-bond acceptors (Lipinski definition) is 4. The predicted octanol–water partition coefficient (Wildman–Crippen LogP) is 3.22. The molecule has 0 aliphatic rings. The van der Waals surface area contributed by atoms with Crippen molar-refractivity contribution < 1.29 is 14.3 Å². The van der Waals surface area contributed by atoms with Gasteiger partial charge in [0, 0.05) is 30.3 Å². The van der Waals surface area contributed by atoms with Crippen molar-refractivity contribution in [1.29, 1.82) is 0 Å². The van der Waals surface area contributed by atoms with Gasteiger partial charge in [0.15, 0.2) is 12.4 Å². The second-order valence-electron chi connectivity index (χ2n) is 6.12. The molecule has 134 valence electrons. The van der Waals surface area contributed by atoms with Crippen LogP contribution in [0.25, 0.3) is 0 Å². The van der Waals surface area contributed by atoms with Crippen LogP contribution < -0.4 is 4.74 Å². The Balaban J connectivity index is 1.96. The number of ketones is 1. The molecule has 6 heteroatoms. The first-order chi connectivity index (χ1) is 11.8. The third kappa shape index (κ3) is 4.26. The van der Waals surface area contributed by atoms with E-state index in [4.69, 9.17) is 4.74 Å². The molecule has 1 aromatic heterocycles. The van der Waals surface area contributed by atoms with E-state index in [2.05, 4.69) is 10.2 Å². The molecule has 1 amide bonds. The van der Waals surface area contributed by atoms with Crippen LogP contribution in [0.5, 0.6) is 5.75 Å². The lowest BCUT2D eigenvalue weighted by molar-refractivity contribution is -0.134. The summed E-state index contributed by atoms with van der Waals surface area (Å²) in [5.41, 5.74) is 3.53. The van der Waals surface area contributed by atoms with Crippen molar-refractivity contribution in [2.45, 2.75) is 40.2 Å². The number of aromatic nitrogens is 2. The van der Waals surface area contributed by atoms with Crippen molar-refractivity contribution in [3.63, 3.8) is 0 Å². The Morgan fingerprint density at radius 2 is 1.88 bits per heavy atom. The Labute approximate surface area is 148 Å². The fraction of sp³-hybridized carbons (Fsp3) is 0.421. The zero-order chi connectivity index (χ0) is 18.6. The van der Waals surface area contributed by atoms with Crippen molar-refractivity contribution in [3.05, 3.63) is 46.8 Å². The van der Waals surface area contributed by atoms with Gasteiger partial charge in [0.05, 0.1) is 11.7 Å². The molecule has 1 atom stereocenters. The third-order valence-electron chi connectivity index (χ3n) is 4.44. The number of amides is 1. The highest BCUT2D eigenvalue weighted by Crippen LogP contribution is 2.24. The van der Waals surface area contributed by atoms with E-state index < -0.39 is 0 Å². The molecular formula is C19H25N3O3. The van der Waals surface area contributed by atoms with Crippen molar-refractivity contribution in [3.8, 4) is 5.75 Å². The predicted molar refractivity (Wildman–Crippen MR) is 95.8 cm³/mol. The molecule has 0 saturated carbocycles. The van der Waals surface area contributed by atoms with Gasteiger partial charge in [-0.1, -0.05) is 6.92 Å². The highest BCUT2D eigenvalue weighted by atomic mass is 16.5. The van der Waals surface area contributed by atoms with Crippen LogP contribution in [0.15, 0.2) is 24.3 Å². The lowest BCUT2D eigenvalue weighted by Gasteiger charge is -2.25. The quantitative estimate of drug-likeness (QED) is 0.783. The maximum Gasteiger partial charge on any atom is 0.260 e. The van der Waals surface area contributed by atoms with Gasteiger partial charge in [-0.2, -0.15) is 5.10 Å². The zero-order valence-electron chi connectivity index (χ0n) is 15.4. The number of Topliss-reactive ketones (excluding diaryl/α,β-unsaturated/α-hetero) is 1. The van der Waals surface area contributed by atoms with Crippen LogP contribution in [0.2, 0.25) is 0 Å². The fourth-order valence-corrected chi connectivity index (χ4v) is 2.77. The monoisotopic (exact) mass is 343 g/mol. The van der Waals surface area contributed by atoms with E-state index in [1.54, 1.807) is 36.2 Å². The number of H-pyrrole nitrogens is 1. The number of aryl methyl sites for hydroxylation is 2. The number of carbonyl (C=O) groups excluding carboxylic acids is 2. The normalized spacial score (nSPS) is 11.9. The Morgan fingerprint density at radius 1 is 1.24 bits per heavy atom. The molecule has 0 bridgehead atoms. The number of likely N-dealkylation sites (N-methyl/N-ethyl adjacent to an activating group) is 1. The molecule has 0 radical (unpaired) electrons. The molecule has 1 unspecified atom stereocenters. The van der Waals surface area contributed by atoms with Crippen LogP contribution in [0.3, 0.4) is 0 Å². The number of benzene rings is 1. The Kier molecular flexibility index (Phi) is 5.96. The molecule has 6 nitrogen and oxygen atoms in total.